The summed E-state index contributed by atoms with van der Waals surface area (Å²) in [6.07, 6.45) is 1.03. The molecule has 1 aromatic heterocycles. The summed E-state index contributed by atoms with van der Waals surface area (Å²) in [5.41, 5.74) is 1.22. The van der Waals surface area contributed by atoms with E-state index in [-0.39, 0.29) is 6.10 Å². The van der Waals surface area contributed by atoms with Crippen molar-refractivity contribution in [3.63, 3.8) is 0 Å². The van der Waals surface area contributed by atoms with Gasteiger partial charge in [0.25, 0.3) is 0 Å². The predicted octanol–water partition coefficient (Wildman–Crippen LogP) is 3.79. The molecule has 3 rings (SSSR count). The predicted molar refractivity (Wildman–Crippen MR) is 105 cm³/mol. The van der Waals surface area contributed by atoms with Crippen LogP contribution in [0, 0.1) is 0 Å². The number of carboxylic acids is 2. The number of hydrogen-bond donors (Lipinski definition) is 3. The summed E-state index contributed by atoms with van der Waals surface area (Å²) in [4.78, 5) is 18.2. The van der Waals surface area contributed by atoms with Gasteiger partial charge in [0.1, 0.15) is 11.9 Å². The lowest BCUT2D eigenvalue weighted by Gasteiger charge is -2.19. The van der Waals surface area contributed by atoms with Crippen molar-refractivity contribution in [2.75, 3.05) is 13.6 Å². The van der Waals surface area contributed by atoms with Crippen LogP contribution in [0.15, 0.2) is 60.0 Å². The molecule has 27 heavy (non-hydrogen) atoms. The minimum atomic E-state index is -1.82. The third-order valence-electron chi connectivity index (χ3n) is 3.71. The van der Waals surface area contributed by atoms with Crippen molar-refractivity contribution in [1.29, 1.82) is 0 Å². The number of rotatable bonds is 6. The second-order valence-electron chi connectivity index (χ2n) is 5.64. The van der Waals surface area contributed by atoms with Crippen LogP contribution in [0.5, 0.6) is 5.75 Å². The number of hydrogen-bond acceptors (Lipinski definition) is 5. The summed E-state index contributed by atoms with van der Waals surface area (Å²) in [5, 5.41) is 21.3. The molecule has 0 fully saturated rings. The summed E-state index contributed by atoms with van der Waals surface area (Å²) in [6, 6.07) is 18.9. The molecule has 0 aliphatic carbocycles. The van der Waals surface area contributed by atoms with Crippen molar-refractivity contribution in [2.45, 2.75) is 12.5 Å². The molecule has 0 aliphatic rings. The van der Waals surface area contributed by atoms with Crippen molar-refractivity contribution >= 4 is 33.4 Å². The van der Waals surface area contributed by atoms with Gasteiger partial charge >= 0.3 is 11.9 Å². The first-order valence-electron chi connectivity index (χ1n) is 8.31. The van der Waals surface area contributed by atoms with Gasteiger partial charge in [-0.15, -0.1) is 11.3 Å². The van der Waals surface area contributed by atoms with Crippen LogP contribution in [0.25, 0.3) is 10.1 Å². The fraction of sp³-hybridized carbons (Fsp3) is 0.200. The Morgan fingerprint density at radius 3 is 2.41 bits per heavy atom. The normalized spacial score (nSPS) is 11.3. The lowest BCUT2D eigenvalue weighted by atomic mass is 10.1. The van der Waals surface area contributed by atoms with Gasteiger partial charge in [-0.1, -0.05) is 30.3 Å². The van der Waals surface area contributed by atoms with Crippen LogP contribution in [0.1, 0.15) is 18.1 Å². The van der Waals surface area contributed by atoms with Crippen molar-refractivity contribution in [3.8, 4) is 5.75 Å². The van der Waals surface area contributed by atoms with Gasteiger partial charge in [-0.25, -0.2) is 9.59 Å². The highest BCUT2D eigenvalue weighted by Gasteiger charge is 2.13. The van der Waals surface area contributed by atoms with Crippen LogP contribution < -0.4 is 10.1 Å². The zero-order valence-electron chi connectivity index (χ0n) is 14.8. The molecule has 3 aromatic rings. The molecule has 0 aliphatic heterocycles. The topological polar surface area (TPSA) is 95.9 Å². The van der Waals surface area contributed by atoms with E-state index in [1.807, 2.05) is 13.1 Å². The third kappa shape index (κ3) is 6.40. The summed E-state index contributed by atoms with van der Waals surface area (Å²) in [7, 11) is 1.97. The Morgan fingerprint density at radius 2 is 1.78 bits per heavy atom. The van der Waals surface area contributed by atoms with E-state index in [1.54, 1.807) is 11.3 Å². The number of thiophene rings is 1. The number of aliphatic carboxylic acids is 2. The highest BCUT2D eigenvalue weighted by molar-refractivity contribution is 7.17. The molecule has 1 atom stereocenters. The molecular weight excluding hydrogens is 366 g/mol. The van der Waals surface area contributed by atoms with E-state index in [2.05, 4.69) is 59.2 Å². The number of ether oxygens (including phenoxy) is 1. The summed E-state index contributed by atoms with van der Waals surface area (Å²) >= 11 is 1.76. The molecule has 2 aromatic carbocycles. The summed E-state index contributed by atoms with van der Waals surface area (Å²) in [5.74, 6) is -2.71. The molecule has 6 nitrogen and oxygen atoms in total. The maximum Gasteiger partial charge on any atom is 0.414 e. The van der Waals surface area contributed by atoms with E-state index in [0.29, 0.717) is 0 Å². The van der Waals surface area contributed by atoms with Crippen LogP contribution >= 0.6 is 11.3 Å². The quantitative estimate of drug-likeness (QED) is 0.557. The molecule has 0 saturated carbocycles. The molecule has 0 unspecified atom stereocenters. The van der Waals surface area contributed by atoms with Crippen LogP contribution in [0.4, 0.5) is 0 Å². The Hall–Kier alpha value is -2.90. The van der Waals surface area contributed by atoms with E-state index in [0.717, 1.165) is 18.7 Å². The number of benzene rings is 2. The first kappa shape index (κ1) is 20.4. The van der Waals surface area contributed by atoms with E-state index in [1.165, 1.54) is 15.6 Å². The minimum Gasteiger partial charge on any atom is -0.486 e. The van der Waals surface area contributed by atoms with Crippen molar-refractivity contribution < 1.29 is 24.5 Å². The molecule has 7 heteroatoms. The second-order valence-corrected chi connectivity index (χ2v) is 6.59. The Labute approximate surface area is 161 Å². The van der Waals surface area contributed by atoms with Gasteiger partial charge in [0.15, 0.2) is 0 Å². The Bertz CT molecular complexity index is 866. The van der Waals surface area contributed by atoms with Crippen molar-refractivity contribution in [1.82, 2.24) is 5.32 Å². The first-order valence-corrected chi connectivity index (χ1v) is 9.19. The van der Waals surface area contributed by atoms with E-state index in [9.17, 15) is 0 Å². The number of nitrogens with one attached hydrogen (secondary N) is 1. The first-order chi connectivity index (χ1) is 13.0. The smallest absolute Gasteiger partial charge is 0.414 e. The third-order valence-corrected chi connectivity index (χ3v) is 4.61. The Morgan fingerprint density at radius 1 is 1.07 bits per heavy atom. The summed E-state index contributed by atoms with van der Waals surface area (Å²) < 4.78 is 7.54. The van der Waals surface area contributed by atoms with Gasteiger partial charge in [0.2, 0.25) is 0 Å². The fourth-order valence-corrected chi connectivity index (χ4v) is 3.19. The van der Waals surface area contributed by atoms with Crippen LogP contribution in [-0.4, -0.2) is 35.7 Å². The molecule has 0 saturated heterocycles. The zero-order valence-corrected chi connectivity index (χ0v) is 15.6. The molecule has 142 valence electrons. The van der Waals surface area contributed by atoms with E-state index < -0.39 is 11.9 Å². The average Bonchev–Trinajstić information content (AvgIpc) is 3.14. The molecular formula is C20H21NO5S. The van der Waals surface area contributed by atoms with Gasteiger partial charge in [0.05, 0.1) is 0 Å². The van der Waals surface area contributed by atoms with Gasteiger partial charge in [0, 0.05) is 11.1 Å². The van der Waals surface area contributed by atoms with Crippen LogP contribution in [-0.2, 0) is 9.59 Å². The molecule has 3 N–H and O–H groups in total. The fourth-order valence-electron chi connectivity index (χ4n) is 2.42. The zero-order chi connectivity index (χ0) is 19.6. The Balaban J connectivity index is 0.000000380. The number of carboxylic acid groups (broad SMARTS) is 2. The molecule has 0 radical (unpaired) electrons. The van der Waals surface area contributed by atoms with Crippen LogP contribution in [0.2, 0.25) is 0 Å². The highest BCUT2D eigenvalue weighted by Crippen LogP contribution is 2.29. The number of carbonyl (C=O) groups is 2. The van der Waals surface area contributed by atoms with E-state index >= 15 is 0 Å². The second kappa shape index (κ2) is 10.3. The lowest BCUT2D eigenvalue weighted by Crippen LogP contribution is -2.16. The maximum absolute atomic E-state index is 9.10. The largest absolute Gasteiger partial charge is 0.486 e. The SMILES string of the molecule is CNCC[C@@H](Oc1ccc2sccc2c1)c1ccccc1.O=C(O)C(=O)O. The average molecular weight is 387 g/mol. The van der Waals surface area contributed by atoms with Gasteiger partial charge in [-0.3, -0.25) is 0 Å². The van der Waals surface area contributed by atoms with Crippen LogP contribution in [0.3, 0.4) is 0 Å². The van der Waals surface area contributed by atoms with Crippen molar-refractivity contribution in [3.05, 3.63) is 65.5 Å². The van der Waals surface area contributed by atoms with Gasteiger partial charge in [-0.05, 0) is 54.2 Å². The molecule has 0 spiro atoms. The highest BCUT2D eigenvalue weighted by atomic mass is 32.1. The Kier molecular flexibility index (Phi) is 7.79. The standard InChI is InChI=1S/C18H19NOS.C2H2O4/c1-19-11-9-17(14-5-3-2-4-6-14)20-16-7-8-18-15(13-16)10-12-21-18;3-1(4)2(5)6/h2-8,10,12-13,17,19H,9,11H2,1H3;(H,3,4)(H,5,6)/t17-;/m1./s1. The molecule has 1 heterocycles. The van der Waals surface area contributed by atoms with Crippen molar-refractivity contribution in [2.24, 2.45) is 0 Å². The summed E-state index contributed by atoms with van der Waals surface area (Å²) in [6.45, 7) is 0.931. The minimum absolute atomic E-state index is 0.0785. The lowest BCUT2D eigenvalue weighted by molar-refractivity contribution is -0.159. The van der Waals surface area contributed by atoms with Gasteiger partial charge < -0.3 is 20.3 Å². The van der Waals surface area contributed by atoms with Gasteiger partial charge in [-0.2, -0.15) is 0 Å². The monoisotopic (exact) mass is 387 g/mol. The molecule has 0 bridgehead atoms. The molecule has 0 amide bonds. The maximum atomic E-state index is 9.10. The number of fused-ring (bicyclic) bond motifs is 1. The van der Waals surface area contributed by atoms with E-state index in [4.69, 9.17) is 24.5 Å².